The Kier molecular flexibility index (Phi) is 2.73. The van der Waals surface area contributed by atoms with Crippen LogP contribution in [0.15, 0.2) is 6.20 Å². The summed E-state index contributed by atoms with van der Waals surface area (Å²) >= 11 is 0. The molecule has 1 aliphatic rings. The number of aromatic nitrogens is 2. The topological polar surface area (TPSA) is 58.2 Å². The van der Waals surface area contributed by atoms with Gasteiger partial charge in [0, 0.05) is 12.2 Å². The molecule has 0 aromatic carbocycles. The lowest BCUT2D eigenvalue weighted by Gasteiger charge is -2.33. The van der Waals surface area contributed by atoms with Gasteiger partial charge in [0.2, 0.25) is 0 Å². The van der Waals surface area contributed by atoms with E-state index in [1.54, 1.807) is 6.20 Å². The normalized spacial score (nSPS) is 21.7. The first-order chi connectivity index (χ1) is 7.20. The number of hydrogen-bond acceptors (Lipinski definition) is 3. The summed E-state index contributed by atoms with van der Waals surface area (Å²) in [5, 5.41) is 6.63. The number of nitrogens with one attached hydrogen (secondary N) is 1. The summed E-state index contributed by atoms with van der Waals surface area (Å²) in [5.41, 5.74) is 1.47. The van der Waals surface area contributed by atoms with Crippen molar-refractivity contribution in [3.63, 3.8) is 0 Å². The average Bonchev–Trinajstić information content (AvgIpc) is 2.64. The van der Waals surface area contributed by atoms with Crippen molar-refractivity contribution in [2.75, 3.05) is 19.8 Å². The molecular formula is C10H15N3O2. The van der Waals surface area contributed by atoms with E-state index in [0.29, 0.717) is 25.3 Å². The number of rotatable bonds is 1. The number of aryl methyl sites for hydroxylation is 1. The minimum atomic E-state index is 0.0389. The number of H-pyrrole nitrogens is 1. The second-order valence-electron chi connectivity index (χ2n) is 3.83. The number of hydrogen-bond donors (Lipinski definition) is 1. The minimum Gasteiger partial charge on any atom is -0.377 e. The zero-order valence-electron chi connectivity index (χ0n) is 8.99. The van der Waals surface area contributed by atoms with Crippen LogP contribution in [-0.4, -0.2) is 46.8 Å². The second kappa shape index (κ2) is 4.02. The van der Waals surface area contributed by atoms with Gasteiger partial charge in [-0.3, -0.25) is 9.89 Å². The molecule has 15 heavy (non-hydrogen) atoms. The third kappa shape index (κ3) is 1.87. The van der Waals surface area contributed by atoms with Crippen LogP contribution in [0.5, 0.6) is 0 Å². The quantitative estimate of drug-likeness (QED) is 0.736. The van der Waals surface area contributed by atoms with E-state index in [1.165, 1.54) is 0 Å². The van der Waals surface area contributed by atoms with Gasteiger partial charge in [-0.1, -0.05) is 0 Å². The highest BCUT2D eigenvalue weighted by molar-refractivity contribution is 5.95. The Balaban J connectivity index is 2.17. The summed E-state index contributed by atoms with van der Waals surface area (Å²) < 4.78 is 5.29. The van der Waals surface area contributed by atoms with E-state index >= 15 is 0 Å². The summed E-state index contributed by atoms with van der Waals surface area (Å²) in [6, 6.07) is 0.139. The lowest BCUT2D eigenvalue weighted by Crippen LogP contribution is -2.47. The van der Waals surface area contributed by atoms with Crippen LogP contribution in [0.3, 0.4) is 0 Å². The number of nitrogens with zero attached hydrogens (tertiary/aromatic N) is 2. The second-order valence-corrected chi connectivity index (χ2v) is 3.83. The summed E-state index contributed by atoms with van der Waals surface area (Å²) in [5.74, 6) is 0.0389. The van der Waals surface area contributed by atoms with E-state index in [1.807, 2.05) is 18.7 Å². The Labute approximate surface area is 88.4 Å². The van der Waals surface area contributed by atoms with Crippen LogP contribution in [0.2, 0.25) is 0 Å². The van der Waals surface area contributed by atoms with Crippen molar-refractivity contribution in [3.8, 4) is 0 Å². The van der Waals surface area contributed by atoms with Gasteiger partial charge < -0.3 is 9.64 Å². The van der Waals surface area contributed by atoms with Crippen LogP contribution in [0.4, 0.5) is 0 Å². The number of carbonyl (C=O) groups is 1. The number of aromatic amines is 1. The Hall–Kier alpha value is -1.36. The molecule has 2 heterocycles. The summed E-state index contributed by atoms with van der Waals surface area (Å²) in [6.07, 6.45) is 1.58. The molecular weight excluding hydrogens is 194 g/mol. The van der Waals surface area contributed by atoms with E-state index in [9.17, 15) is 4.79 Å². The molecule has 1 aromatic rings. The van der Waals surface area contributed by atoms with Gasteiger partial charge >= 0.3 is 0 Å². The Morgan fingerprint density at radius 3 is 3.13 bits per heavy atom. The first-order valence-corrected chi connectivity index (χ1v) is 5.09. The van der Waals surface area contributed by atoms with Crippen molar-refractivity contribution >= 4 is 5.91 Å². The van der Waals surface area contributed by atoms with Crippen LogP contribution in [-0.2, 0) is 4.74 Å². The zero-order chi connectivity index (χ0) is 10.8. The molecule has 5 nitrogen and oxygen atoms in total. The molecule has 1 N–H and O–H groups in total. The molecule has 0 radical (unpaired) electrons. The number of ether oxygens (including phenoxy) is 1. The molecule has 1 amide bonds. The molecule has 1 unspecified atom stereocenters. The van der Waals surface area contributed by atoms with E-state index in [4.69, 9.17) is 4.74 Å². The van der Waals surface area contributed by atoms with Gasteiger partial charge in [-0.15, -0.1) is 0 Å². The molecule has 1 aliphatic heterocycles. The molecule has 82 valence electrons. The third-order valence-corrected chi connectivity index (χ3v) is 2.69. The van der Waals surface area contributed by atoms with Gasteiger partial charge in [0.05, 0.1) is 31.0 Å². The minimum absolute atomic E-state index is 0.0389. The lowest BCUT2D eigenvalue weighted by atomic mass is 10.2. The molecule has 0 spiro atoms. The average molecular weight is 209 g/mol. The van der Waals surface area contributed by atoms with E-state index in [2.05, 4.69) is 10.2 Å². The number of amides is 1. The van der Waals surface area contributed by atoms with Crippen molar-refractivity contribution in [3.05, 3.63) is 17.5 Å². The summed E-state index contributed by atoms with van der Waals surface area (Å²) in [4.78, 5) is 13.9. The SMILES string of the molecule is Cc1[nH]ncc1C(=O)N1CCOCC1C. The van der Waals surface area contributed by atoms with Gasteiger partial charge in [0.1, 0.15) is 0 Å². The van der Waals surface area contributed by atoms with Crippen LogP contribution in [0.1, 0.15) is 23.0 Å². The van der Waals surface area contributed by atoms with E-state index < -0.39 is 0 Å². The standard InChI is InChI=1S/C10H15N3O2/c1-7-6-15-4-3-13(7)10(14)9-5-11-12-8(9)2/h5,7H,3-4,6H2,1-2H3,(H,11,12). The fraction of sp³-hybridized carbons (Fsp3) is 0.600. The lowest BCUT2D eigenvalue weighted by molar-refractivity contribution is 0.00355. The van der Waals surface area contributed by atoms with Crippen LogP contribution < -0.4 is 0 Å². The molecule has 0 saturated carbocycles. The van der Waals surface area contributed by atoms with Crippen LogP contribution >= 0.6 is 0 Å². The van der Waals surface area contributed by atoms with Crippen LogP contribution in [0.25, 0.3) is 0 Å². The van der Waals surface area contributed by atoms with E-state index in [0.717, 1.165) is 5.69 Å². The number of carbonyl (C=O) groups excluding carboxylic acids is 1. The molecule has 2 rings (SSSR count). The molecule has 1 atom stereocenters. The predicted molar refractivity (Wildman–Crippen MR) is 54.6 cm³/mol. The largest absolute Gasteiger partial charge is 0.377 e. The zero-order valence-corrected chi connectivity index (χ0v) is 8.99. The number of morpholine rings is 1. The van der Waals surface area contributed by atoms with Gasteiger partial charge in [0.15, 0.2) is 0 Å². The molecule has 0 aliphatic carbocycles. The van der Waals surface area contributed by atoms with Crippen molar-refractivity contribution in [1.82, 2.24) is 15.1 Å². The van der Waals surface area contributed by atoms with Crippen molar-refractivity contribution in [2.24, 2.45) is 0 Å². The van der Waals surface area contributed by atoms with Gasteiger partial charge in [-0.25, -0.2) is 0 Å². The van der Waals surface area contributed by atoms with Gasteiger partial charge in [-0.05, 0) is 13.8 Å². The summed E-state index contributed by atoms with van der Waals surface area (Å²) in [6.45, 7) is 5.73. The first kappa shape index (κ1) is 10.2. The smallest absolute Gasteiger partial charge is 0.257 e. The highest BCUT2D eigenvalue weighted by atomic mass is 16.5. The predicted octanol–water partition coefficient (Wildman–Crippen LogP) is 0.579. The van der Waals surface area contributed by atoms with Crippen molar-refractivity contribution in [2.45, 2.75) is 19.9 Å². The molecule has 1 fully saturated rings. The Morgan fingerprint density at radius 2 is 2.53 bits per heavy atom. The Morgan fingerprint density at radius 1 is 1.73 bits per heavy atom. The monoisotopic (exact) mass is 209 g/mol. The molecule has 0 bridgehead atoms. The first-order valence-electron chi connectivity index (χ1n) is 5.09. The Bertz CT molecular complexity index is 361. The maximum absolute atomic E-state index is 12.1. The molecule has 1 aromatic heterocycles. The fourth-order valence-corrected chi connectivity index (χ4v) is 1.75. The maximum Gasteiger partial charge on any atom is 0.257 e. The molecule has 1 saturated heterocycles. The van der Waals surface area contributed by atoms with E-state index in [-0.39, 0.29) is 11.9 Å². The fourth-order valence-electron chi connectivity index (χ4n) is 1.75. The highest BCUT2D eigenvalue weighted by Gasteiger charge is 2.26. The van der Waals surface area contributed by atoms with Crippen LogP contribution in [0, 0.1) is 6.92 Å². The molecule has 5 heteroatoms. The highest BCUT2D eigenvalue weighted by Crippen LogP contribution is 2.13. The maximum atomic E-state index is 12.1. The van der Waals surface area contributed by atoms with Crippen molar-refractivity contribution < 1.29 is 9.53 Å². The van der Waals surface area contributed by atoms with Gasteiger partial charge in [0.25, 0.3) is 5.91 Å². The van der Waals surface area contributed by atoms with Gasteiger partial charge in [-0.2, -0.15) is 5.10 Å². The summed E-state index contributed by atoms with van der Waals surface area (Å²) in [7, 11) is 0. The van der Waals surface area contributed by atoms with Crippen molar-refractivity contribution in [1.29, 1.82) is 0 Å². The third-order valence-electron chi connectivity index (χ3n) is 2.69.